The predicted molar refractivity (Wildman–Crippen MR) is 136 cm³/mol. The number of benzene rings is 2. The van der Waals surface area contributed by atoms with Crippen molar-refractivity contribution in [3.8, 4) is 5.75 Å². The first-order valence-electron chi connectivity index (χ1n) is 11.8. The number of hydrogen-bond acceptors (Lipinski definition) is 2. The molecule has 2 heteroatoms. The van der Waals surface area contributed by atoms with E-state index >= 15 is 0 Å². The smallest absolute Gasteiger partial charge is 0.119 e. The van der Waals surface area contributed by atoms with E-state index in [1.807, 2.05) is 18.2 Å². The van der Waals surface area contributed by atoms with Crippen LogP contribution in [0.4, 0.5) is 0 Å². The summed E-state index contributed by atoms with van der Waals surface area (Å²) in [5, 5.41) is 0. The Balaban J connectivity index is 1.73. The molecule has 0 amide bonds. The van der Waals surface area contributed by atoms with Gasteiger partial charge in [0, 0.05) is 4.86 Å². The standard InChI is InChI=1S/C28H38OS/c1-3-5-6-7-8-9-10-11-22-29-27-15-12-14-25(23-27)18-21-28(30)26-19-16-24(13-4-2)17-20-26/h12,14-21,23H,3-11,13,22H2,1-2H3. The van der Waals surface area contributed by atoms with E-state index in [1.165, 1.54) is 56.9 Å². The van der Waals surface area contributed by atoms with Crippen molar-refractivity contribution in [2.45, 2.75) is 78.1 Å². The monoisotopic (exact) mass is 422 g/mol. The molecule has 2 rings (SSSR count). The highest BCUT2D eigenvalue weighted by Crippen LogP contribution is 2.17. The van der Waals surface area contributed by atoms with E-state index < -0.39 is 0 Å². The molecule has 0 atom stereocenters. The third kappa shape index (κ3) is 9.71. The summed E-state index contributed by atoms with van der Waals surface area (Å²) in [7, 11) is 0. The molecule has 0 bridgehead atoms. The fourth-order valence-electron chi connectivity index (χ4n) is 3.53. The minimum atomic E-state index is 0.796. The van der Waals surface area contributed by atoms with E-state index in [0.717, 1.165) is 41.2 Å². The first-order chi connectivity index (χ1) is 14.7. The van der Waals surface area contributed by atoms with Gasteiger partial charge in [0.15, 0.2) is 0 Å². The summed E-state index contributed by atoms with van der Waals surface area (Å²) in [5.74, 6) is 0.940. The molecule has 0 unspecified atom stereocenters. The van der Waals surface area contributed by atoms with Crippen LogP contribution in [-0.2, 0) is 6.42 Å². The maximum Gasteiger partial charge on any atom is 0.119 e. The van der Waals surface area contributed by atoms with Gasteiger partial charge in [-0.25, -0.2) is 0 Å². The van der Waals surface area contributed by atoms with Crippen LogP contribution in [0.5, 0.6) is 5.75 Å². The minimum Gasteiger partial charge on any atom is -0.494 e. The average molecular weight is 423 g/mol. The van der Waals surface area contributed by atoms with Crippen molar-refractivity contribution in [1.82, 2.24) is 0 Å². The van der Waals surface area contributed by atoms with Gasteiger partial charge in [-0.2, -0.15) is 0 Å². The van der Waals surface area contributed by atoms with Crippen LogP contribution in [0.2, 0.25) is 0 Å². The zero-order valence-corrected chi connectivity index (χ0v) is 19.7. The van der Waals surface area contributed by atoms with Crippen molar-refractivity contribution < 1.29 is 4.74 Å². The molecule has 162 valence electrons. The van der Waals surface area contributed by atoms with Crippen molar-refractivity contribution in [2.24, 2.45) is 0 Å². The molecule has 1 nitrogen and oxygen atoms in total. The Hall–Kier alpha value is -1.93. The van der Waals surface area contributed by atoms with Gasteiger partial charge in [0.25, 0.3) is 0 Å². The lowest BCUT2D eigenvalue weighted by atomic mass is 10.1. The SMILES string of the molecule is CCCCCCCCCCOc1cccc(C=CC(=S)c2ccc(CCC)cc2)c1. The molecule has 0 radical (unpaired) electrons. The van der Waals surface area contributed by atoms with Crippen LogP contribution < -0.4 is 4.74 Å². The van der Waals surface area contributed by atoms with E-state index in [1.54, 1.807) is 0 Å². The predicted octanol–water partition coefficient (Wildman–Crippen LogP) is 8.59. The maximum absolute atomic E-state index is 5.95. The number of allylic oxidation sites excluding steroid dienone is 1. The summed E-state index contributed by atoms with van der Waals surface area (Å²) in [6, 6.07) is 16.9. The fourth-order valence-corrected chi connectivity index (χ4v) is 3.73. The van der Waals surface area contributed by atoms with Crippen LogP contribution in [0.1, 0.15) is 88.3 Å². The molecule has 0 fully saturated rings. The molecule has 30 heavy (non-hydrogen) atoms. The summed E-state index contributed by atoms with van der Waals surface area (Å²) in [6.45, 7) is 5.27. The molecule has 0 aliphatic heterocycles. The highest BCUT2D eigenvalue weighted by molar-refractivity contribution is 7.81. The number of thiocarbonyl (C=S) groups is 1. The number of unbranched alkanes of at least 4 members (excludes halogenated alkanes) is 7. The second kappa shape index (κ2) is 15.0. The van der Waals surface area contributed by atoms with E-state index in [4.69, 9.17) is 17.0 Å². The van der Waals surface area contributed by atoms with Gasteiger partial charge in [0.1, 0.15) is 5.75 Å². The Labute approximate surface area is 189 Å². The Kier molecular flexibility index (Phi) is 12.1. The van der Waals surface area contributed by atoms with Crippen molar-refractivity contribution >= 4 is 23.2 Å². The lowest BCUT2D eigenvalue weighted by Crippen LogP contribution is -1.97. The first-order valence-corrected chi connectivity index (χ1v) is 12.2. The number of hydrogen-bond donors (Lipinski definition) is 0. The fraction of sp³-hybridized carbons (Fsp3) is 0.464. The molecule has 0 N–H and O–H groups in total. The van der Waals surface area contributed by atoms with Gasteiger partial charge in [-0.05, 0) is 47.7 Å². The molecule has 0 aliphatic rings. The van der Waals surface area contributed by atoms with Crippen LogP contribution >= 0.6 is 12.2 Å². The highest BCUT2D eigenvalue weighted by atomic mass is 32.1. The van der Waals surface area contributed by atoms with Gasteiger partial charge >= 0.3 is 0 Å². The molecular formula is C28H38OS. The largest absolute Gasteiger partial charge is 0.494 e. The summed E-state index contributed by atoms with van der Waals surface area (Å²) >= 11 is 5.59. The zero-order chi connectivity index (χ0) is 21.4. The molecule has 0 aliphatic carbocycles. The average Bonchev–Trinajstić information content (AvgIpc) is 2.77. The molecule has 0 heterocycles. The molecule has 0 aromatic heterocycles. The molecule has 2 aromatic carbocycles. The van der Waals surface area contributed by atoms with Crippen molar-refractivity contribution in [1.29, 1.82) is 0 Å². The van der Waals surface area contributed by atoms with Gasteiger partial charge in [0.05, 0.1) is 6.61 Å². The van der Waals surface area contributed by atoms with Crippen LogP contribution in [0, 0.1) is 0 Å². The minimum absolute atomic E-state index is 0.796. The first kappa shape index (κ1) is 24.3. The number of aryl methyl sites for hydroxylation is 1. The second-order valence-electron chi connectivity index (χ2n) is 8.04. The summed E-state index contributed by atoms with van der Waals surface area (Å²) in [6.07, 6.45) is 16.9. The van der Waals surface area contributed by atoms with Gasteiger partial charge in [0.2, 0.25) is 0 Å². The summed E-state index contributed by atoms with van der Waals surface area (Å²) in [4.78, 5) is 0.864. The van der Waals surface area contributed by atoms with Gasteiger partial charge < -0.3 is 4.74 Å². The molecule has 0 saturated carbocycles. The normalized spacial score (nSPS) is 11.1. The zero-order valence-electron chi connectivity index (χ0n) is 18.9. The molecular weight excluding hydrogens is 384 g/mol. The van der Waals surface area contributed by atoms with Crippen molar-refractivity contribution in [2.75, 3.05) is 6.61 Å². The Bertz CT molecular complexity index is 760. The third-order valence-electron chi connectivity index (χ3n) is 5.33. The number of ether oxygens (including phenoxy) is 1. The van der Waals surface area contributed by atoms with Gasteiger partial charge in [-0.1, -0.05) is 120 Å². The maximum atomic E-state index is 5.95. The van der Waals surface area contributed by atoms with Gasteiger partial charge in [-0.3, -0.25) is 0 Å². The summed E-state index contributed by atoms with van der Waals surface area (Å²) in [5.41, 5.74) is 3.59. The Morgan fingerprint density at radius 2 is 1.53 bits per heavy atom. The lowest BCUT2D eigenvalue weighted by molar-refractivity contribution is 0.304. The number of rotatable bonds is 15. The van der Waals surface area contributed by atoms with Crippen molar-refractivity contribution in [3.05, 3.63) is 71.3 Å². The lowest BCUT2D eigenvalue weighted by Gasteiger charge is -2.07. The second-order valence-corrected chi connectivity index (χ2v) is 8.48. The Morgan fingerprint density at radius 3 is 2.23 bits per heavy atom. The van der Waals surface area contributed by atoms with Crippen LogP contribution in [0.25, 0.3) is 6.08 Å². The van der Waals surface area contributed by atoms with E-state index in [2.05, 4.69) is 56.3 Å². The van der Waals surface area contributed by atoms with Crippen LogP contribution in [0.3, 0.4) is 0 Å². The summed E-state index contributed by atoms with van der Waals surface area (Å²) < 4.78 is 5.95. The third-order valence-corrected chi connectivity index (χ3v) is 5.70. The van der Waals surface area contributed by atoms with Crippen LogP contribution in [-0.4, -0.2) is 11.5 Å². The molecule has 0 spiro atoms. The highest BCUT2D eigenvalue weighted by Gasteiger charge is 2.00. The topological polar surface area (TPSA) is 9.23 Å². The van der Waals surface area contributed by atoms with E-state index in [-0.39, 0.29) is 0 Å². The molecule has 2 aromatic rings. The van der Waals surface area contributed by atoms with E-state index in [9.17, 15) is 0 Å². The van der Waals surface area contributed by atoms with Crippen LogP contribution in [0.15, 0.2) is 54.6 Å². The Morgan fingerprint density at radius 1 is 0.833 bits per heavy atom. The van der Waals surface area contributed by atoms with Crippen molar-refractivity contribution in [3.63, 3.8) is 0 Å². The van der Waals surface area contributed by atoms with E-state index in [0.29, 0.717) is 0 Å². The van der Waals surface area contributed by atoms with Gasteiger partial charge in [-0.15, -0.1) is 0 Å². The quantitative estimate of drug-likeness (QED) is 0.123. The molecule has 0 saturated heterocycles.